The molecule has 0 radical (unpaired) electrons. The van der Waals surface area contributed by atoms with Crippen molar-refractivity contribution in [2.24, 2.45) is 5.92 Å². The Kier molecular flexibility index (Phi) is 6.69. The van der Waals surface area contributed by atoms with Crippen molar-refractivity contribution in [3.63, 3.8) is 0 Å². The Bertz CT molecular complexity index is 596. The summed E-state index contributed by atoms with van der Waals surface area (Å²) in [7, 11) is 0. The first kappa shape index (κ1) is 18.4. The molecule has 6 nitrogen and oxygen atoms in total. The van der Waals surface area contributed by atoms with Crippen molar-refractivity contribution in [3.05, 3.63) is 29.8 Å². The summed E-state index contributed by atoms with van der Waals surface area (Å²) < 4.78 is 5.48. The summed E-state index contributed by atoms with van der Waals surface area (Å²) in [6, 6.07) is 6.91. The highest BCUT2D eigenvalue weighted by molar-refractivity contribution is 7.80. The van der Waals surface area contributed by atoms with Crippen LogP contribution in [0, 0.1) is 5.92 Å². The minimum absolute atomic E-state index is 0.122. The zero-order chi connectivity index (χ0) is 17.5. The van der Waals surface area contributed by atoms with E-state index in [1.807, 2.05) is 0 Å². The van der Waals surface area contributed by atoms with Crippen molar-refractivity contribution in [2.75, 3.05) is 18.5 Å². The number of benzene rings is 1. The number of hydrogen-bond donors (Lipinski definition) is 3. The number of thiocarbonyl (C=S) groups is 1. The minimum atomic E-state index is -0.141. The van der Waals surface area contributed by atoms with E-state index in [2.05, 4.69) is 16.0 Å². The van der Waals surface area contributed by atoms with Crippen LogP contribution in [0.25, 0.3) is 0 Å². The average Bonchev–Trinajstić information content (AvgIpc) is 3.06. The van der Waals surface area contributed by atoms with Crippen molar-refractivity contribution < 1.29 is 14.3 Å². The van der Waals surface area contributed by atoms with Gasteiger partial charge in [-0.1, -0.05) is 13.8 Å². The zero-order valence-electron chi connectivity index (χ0n) is 13.9. The van der Waals surface area contributed by atoms with Crippen molar-refractivity contribution in [1.82, 2.24) is 10.6 Å². The van der Waals surface area contributed by atoms with Gasteiger partial charge in [-0.2, -0.15) is 0 Å². The standard InChI is InChI=1S/C17H23N3O3S/c1-11(2)15(21)20-17(24)19-13-7-5-12(6-8-13)16(22)18-10-14-4-3-9-23-14/h5-8,11,14H,3-4,9-10H2,1-2H3,(H,18,22)(H2,19,20,21,24). The van der Waals surface area contributed by atoms with Crippen LogP contribution in [0.2, 0.25) is 0 Å². The summed E-state index contributed by atoms with van der Waals surface area (Å²) in [4.78, 5) is 23.7. The molecule has 1 fully saturated rings. The normalized spacial score (nSPS) is 16.7. The Morgan fingerprint density at radius 3 is 2.58 bits per heavy atom. The number of anilines is 1. The number of amides is 2. The summed E-state index contributed by atoms with van der Waals surface area (Å²) in [6.45, 7) is 4.89. The van der Waals surface area contributed by atoms with E-state index in [-0.39, 0.29) is 28.9 Å². The predicted octanol–water partition coefficient (Wildman–Crippen LogP) is 2.06. The molecule has 0 spiro atoms. The molecule has 1 atom stereocenters. The van der Waals surface area contributed by atoms with Gasteiger partial charge >= 0.3 is 0 Å². The highest BCUT2D eigenvalue weighted by atomic mass is 32.1. The van der Waals surface area contributed by atoms with Gasteiger partial charge in [-0.3, -0.25) is 9.59 Å². The van der Waals surface area contributed by atoms with Crippen molar-refractivity contribution >= 4 is 34.8 Å². The van der Waals surface area contributed by atoms with E-state index in [0.717, 1.165) is 19.4 Å². The molecule has 0 aromatic heterocycles. The van der Waals surface area contributed by atoms with Crippen LogP contribution in [0.15, 0.2) is 24.3 Å². The monoisotopic (exact) mass is 349 g/mol. The Morgan fingerprint density at radius 1 is 1.29 bits per heavy atom. The Balaban J connectivity index is 1.82. The highest BCUT2D eigenvalue weighted by Crippen LogP contribution is 2.12. The molecular formula is C17H23N3O3S. The highest BCUT2D eigenvalue weighted by Gasteiger charge is 2.16. The smallest absolute Gasteiger partial charge is 0.251 e. The lowest BCUT2D eigenvalue weighted by Gasteiger charge is -2.12. The number of carbonyl (C=O) groups excluding carboxylic acids is 2. The molecule has 130 valence electrons. The second-order valence-electron chi connectivity index (χ2n) is 6.02. The summed E-state index contributed by atoms with van der Waals surface area (Å²) in [6.07, 6.45) is 2.16. The molecule has 0 saturated carbocycles. The van der Waals surface area contributed by atoms with E-state index in [0.29, 0.717) is 17.8 Å². The van der Waals surface area contributed by atoms with Crippen LogP contribution in [0.1, 0.15) is 37.0 Å². The summed E-state index contributed by atoms with van der Waals surface area (Å²) in [5.74, 6) is -0.412. The average molecular weight is 349 g/mol. The van der Waals surface area contributed by atoms with Gasteiger partial charge in [0.15, 0.2) is 5.11 Å². The maximum atomic E-state index is 12.1. The van der Waals surface area contributed by atoms with Gasteiger partial charge in [0.1, 0.15) is 0 Å². The fraction of sp³-hybridized carbons (Fsp3) is 0.471. The van der Waals surface area contributed by atoms with Crippen LogP contribution in [0.3, 0.4) is 0 Å². The number of ether oxygens (including phenoxy) is 1. The molecule has 0 bridgehead atoms. The van der Waals surface area contributed by atoms with E-state index in [1.165, 1.54) is 0 Å². The van der Waals surface area contributed by atoms with Crippen LogP contribution in [0.4, 0.5) is 5.69 Å². The summed E-state index contributed by atoms with van der Waals surface area (Å²) >= 11 is 5.08. The number of carbonyl (C=O) groups is 2. The number of nitrogens with one attached hydrogen (secondary N) is 3. The maximum Gasteiger partial charge on any atom is 0.251 e. The van der Waals surface area contributed by atoms with Crippen LogP contribution in [-0.4, -0.2) is 36.2 Å². The Morgan fingerprint density at radius 2 is 2.00 bits per heavy atom. The zero-order valence-corrected chi connectivity index (χ0v) is 14.7. The van der Waals surface area contributed by atoms with Gasteiger partial charge in [-0.05, 0) is 49.3 Å². The molecule has 1 aliphatic heterocycles. The van der Waals surface area contributed by atoms with Crippen LogP contribution in [0.5, 0.6) is 0 Å². The van der Waals surface area contributed by atoms with Gasteiger partial charge < -0.3 is 20.7 Å². The van der Waals surface area contributed by atoms with E-state index >= 15 is 0 Å². The quantitative estimate of drug-likeness (QED) is 0.709. The Hall–Kier alpha value is -1.99. The van der Waals surface area contributed by atoms with E-state index in [9.17, 15) is 9.59 Å². The molecule has 1 aliphatic rings. The van der Waals surface area contributed by atoms with Crippen molar-refractivity contribution in [3.8, 4) is 0 Å². The van der Waals surface area contributed by atoms with Gasteiger partial charge in [0.05, 0.1) is 6.10 Å². The third-order valence-corrected chi connectivity index (χ3v) is 3.88. The summed E-state index contributed by atoms with van der Waals surface area (Å²) in [5.41, 5.74) is 1.27. The first-order valence-corrected chi connectivity index (χ1v) is 8.48. The fourth-order valence-electron chi connectivity index (χ4n) is 2.24. The second-order valence-corrected chi connectivity index (χ2v) is 6.43. The maximum absolute atomic E-state index is 12.1. The second kappa shape index (κ2) is 8.75. The molecule has 1 unspecified atom stereocenters. The number of rotatable bonds is 5. The van der Waals surface area contributed by atoms with Gasteiger partial charge in [0, 0.05) is 30.3 Å². The minimum Gasteiger partial charge on any atom is -0.376 e. The molecule has 3 N–H and O–H groups in total. The number of hydrogen-bond acceptors (Lipinski definition) is 4. The lowest BCUT2D eigenvalue weighted by molar-refractivity contribution is -0.122. The molecule has 1 saturated heterocycles. The first-order valence-electron chi connectivity index (χ1n) is 8.07. The molecular weight excluding hydrogens is 326 g/mol. The van der Waals surface area contributed by atoms with Crippen molar-refractivity contribution in [2.45, 2.75) is 32.8 Å². The predicted molar refractivity (Wildman–Crippen MR) is 97.0 cm³/mol. The van der Waals surface area contributed by atoms with Gasteiger partial charge in [0.25, 0.3) is 5.91 Å². The molecule has 1 aromatic carbocycles. The molecule has 2 amide bonds. The topological polar surface area (TPSA) is 79.5 Å². The van der Waals surface area contributed by atoms with Crippen LogP contribution >= 0.6 is 12.2 Å². The molecule has 0 aliphatic carbocycles. The summed E-state index contributed by atoms with van der Waals surface area (Å²) in [5, 5.41) is 8.64. The Labute approximate surface area is 147 Å². The lowest BCUT2D eigenvalue weighted by Crippen LogP contribution is -2.36. The van der Waals surface area contributed by atoms with Crippen molar-refractivity contribution in [1.29, 1.82) is 0 Å². The lowest BCUT2D eigenvalue weighted by atomic mass is 10.2. The third kappa shape index (κ3) is 5.58. The molecule has 1 heterocycles. The van der Waals surface area contributed by atoms with Gasteiger partial charge in [0.2, 0.25) is 5.91 Å². The van der Waals surface area contributed by atoms with Gasteiger partial charge in [-0.15, -0.1) is 0 Å². The first-order chi connectivity index (χ1) is 11.5. The molecule has 2 rings (SSSR count). The largest absolute Gasteiger partial charge is 0.376 e. The van der Waals surface area contributed by atoms with E-state index in [4.69, 9.17) is 17.0 Å². The van der Waals surface area contributed by atoms with Gasteiger partial charge in [-0.25, -0.2) is 0 Å². The third-order valence-electron chi connectivity index (χ3n) is 3.68. The fourth-order valence-corrected chi connectivity index (χ4v) is 2.46. The molecule has 24 heavy (non-hydrogen) atoms. The van der Waals surface area contributed by atoms with Crippen LogP contribution < -0.4 is 16.0 Å². The molecule has 7 heteroatoms. The van der Waals surface area contributed by atoms with E-state index < -0.39 is 0 Å². The SMILES string of the molecule is CC(C)C(=O)NC(=S)Nc1ccc(C(=O)NCC2CCCO2)cc1. The van der Waals surface area contributed by atoms with E-state index in [1.54, 1.807) is 38.1 Å². The molecule has 1 aromatic rings. The van der Waals surface area contributed by atoms with Crippen LogP contribution in [-0.2, 0) is 9.53 Å².